The van der Waals surface area contributed by atoms with Gasteiger partial charge in [-0.2, -0.15) is 0 Å². The highest BCUT2D eigenvalue weighted by molar-refractivity contribution is 6.36. The minimum absolute atomic E-state index is 0.0268. The van der Waals surface area contributed by atoms with Crippen molar-refractivity contribution in [2.24, 2.45) is 0 Å². The predicted octanol–water partition coefficient (Wildman–Crippen LogP) is 5.68. The molecule has 5 nitrogen and oxygen atoms in total. The summed E-state index contributed by atoms with van der Waals surface area (Å²) in [6, 6.07) is 19.2. The largest absolute Gasteiger partial charge is 0.481 e. The van der Waals surface area contributed by atoms with Gasteiger partial charge in [0.15, 0.2) is 18.2 Å². The Balaban J connectivity index is 1.97. The van der Waals surface area contributed by atoms with Gasteiger partial charge < -0.3 is 15.0 Å². The lowest BCUT2D eigenvalue weighted by Crippen LogP contribution is -2.53. The van der Waals surface area contributed by atoms with E-state index in [1.165, 1.54) is 23.1 Å². The van der Waals surface area contributed by atoms with Crippen LogP contribution in [0, 0.1) is 5.82 Å². The Hall–Kier alpha value is -3.09. The van der Waals surface area contributed by atoms with Crippen molar-refractivity contribution >= 4 is 35.0 Å². The van der Waals surface area contributed by atoms with E-state index in [1.807, 2.05) is 44.2 Å². The molecule has 0 aliphatic heterocycles. The predicted molar refractivity (Wildman–Crippen MR) is 136 cm³/mol. The zero-order valence-corrected chi connectivity index (χ0v) is 21.0. The highest BCUT2D eigenvalue weighted by atomic mass is 35.5. The van der Waals surface area contributed by atoms with Crippen LogP contribution in [0.2, 0.25) is 10.0 Å². The van der Waals surface area contributed by atoms with E-state index in [1.54, 1.807) is 24.3 Å². The number of nitrogens with zero attached hydrogens (tertiary/aromatic N) is 1. The maximum atomic E-state index is 14.1. The molecule has 0 fully saturated rings. The van der Waals surface area contributed by atoms with Crippen LogP contribution in [0.15, 0.2) is 72.8 Å². The lowest BCUT2D eigenvalue weighted by Gasteiger charge is -2.32. The van der Waals surface area contributed by atoms with E-state index in [0.29, 0.717) is 15.6 Å². The van der Waals surface area contributed by atoms with Crippen LogP contribution in [0.25, 0.3) is 0 Å². The number of hydrogen-bond acceptors (Lipinski definition) is 3. The average Bonchev–Trinajstić information content (AvgIpc) is 2.82. The van der Waals surface area contributed by atoms with Crippen molar-refractivity contribution in [2.45, 2.75) is 38.9 Å². The summed E-state index contributed by atoms with van der Waals surface area (Å²) in [7, 11) is 0. The molecule has 0 aliphatic carbocycles. The van der Waals surface area contributed by atoms with E-state index in [4.69, 9.17) is 27.9 Å². The second-order valence-corrected chi connectivity index (χ2v) is 9.12. The monoisotopic (exact) mass is 516 g/mol. The van der Waals surface area contributed by atoms with Gasteiger partial charge in [0, 0.05) is 34.6 Å². The van der Waals surface area contributed by atoms with Crippen molar-refractivity contribution in [3.63, 3.8) is 0 Å². The van der Waals surface area contributed by atoms with Crippen LogP contribution >= 0.6 is 23.2 Å². The van der Waals surface area contributed by atoms with Gasteiger partial charge in [-0.15, -0.1) is 0 Å². The molecular weight excluding hydrogens is 490 g/mol. The fourth-order valence-corrected chi connectivity index (χ4v) is 4.09. The highest BCUT2D eigenvalue weighted by Gasteiger charge is 2.32. The van der Waals surface area contributed by atoms with E-state index >= 15 is 0 Å². The summed E-state index contributed by atoms with van der Waals surface area (Å²) in [5, 5.41) is 3.63. The number of para-hydroxylation sites is 1. The lowest BCUT2D eigenvalue weighted by molar-refractivity contribution is -0.143. The normalized spacial score (nSPS) is 11.7. The van der Waals surface area contributed by atoms with Crippen LogP contribution in [0.1, 0.15) is 25.0 Å². The molecule has 1 N–H and O–H groups in total. The topological polar surface area (TPSA) is 58.6 Å². The number of rotatable bonds is 10. The summed E-state index contributed by atoms with van der Waals surface area (Å²) in [4.78, 5) is 28.2. The standard InChI is InChI=1S/C27H27Cl2FN2O3/c1-18(2)31-27(34)24(15-19-9-4-3-5-10-19)32(16-20-21(28)11-8-12-22(20)29)26(33)17-35-25-14-7-6-13-23(25)30/h3-14,18,24H,15-17H2,1-2H3,(H,31,34)/t24-/m1/s1. The number of hydrogen-bond donors (Lipinski definition) is 1. The summed E-state index contributed by atoms with van der Waals surface area (Å²) >= 11 is 12.8. The number of ether oxygens (including phenoxy) is 1. The third kappa shape index (κ3) is 7.44. The first-order chi connectivity index (χ1) is 16.8. The molecule has 2 amide bonds. The van der Waals surface area contributed by atoms with Crippen molar-refractivity contribution in [1.29, 1.82) is 0 Å². The molecule has 0 bridgehead atoms. The Kier molecular flexibility index (Phi) is 9.52. The number of halogens is 3. The molecule has 0 saturated heterocycles. The van der Waals surface area contributed by atoms with Gasteiger partial charge in [-0.05, 0) is 43.7 Å². The first-order valence-corrected chi connectivity index (χ1v) is 12.0. The molecule has 3 rings (SSSR count). The van der Waals surface area contributed by atoms with Gasteiger partial charge in [-0.1, -0.05) is 71.7 Å². The molecule has 35 heavy (non-hydrogen) atoms. The molecule has 184 valence electrons. The second-order valence-electron chi connectivity index (χ2n) is 8.31. The van der Waals surface area contributed by atoms with E-state index < -0.39 is 24.4 Å². The van der Waals surface area contributed by atoms with Gasteiger partial charge in [0.25, 0.3) is 5.91 Å². The van der Waals surface area contributed by atoms with E-state index in [-0.39, 0.29) is 30.7 Å². The van der Waals surface area contributed by atoms with Crippen LogP contribution < -0.4 is 10.1 Å². The molecule has 0 unspecified atom stereocenters. The van der Waals surface area contributed by atoms with Gasteiger partial charge >= 0.3 is 0 Å². The summed E-state index contributed by atoms with van der Waals surface area (Å²) in [6.07, 6.45) is 0.257. The van der Waals surface area contributed by atoms with Crippen LogP contribution in [-0.4, -0.2) is 35.4 Å². The van der Waals surface area contributed by atoms with E-state index in [2.05, 4.69) is 5.32 Å². The molecule has 0 saturated carbocycles. The summed E-state index contributed by atoms with van der Waals surface area (Å²) < 4.78 is 19.5. The van der Waals surface area contributed by atoms with Crippen LogP contribution in [0.5, 0.6) is 5.75 Å². The SMILES string of the molecule is CC(C)NC(=O)[C@@H](Cc1ccccc1)N(Cc1c(Cl)cccc1Cl)C(=O)COc1ccccc1F. The van der Waals surface area contributed by atoms with Crippen LogP contribution in [-0.2, 0) is 22.6 Å². The number of carbonyl (C=O) groups is 2. The Labute approximate surface area is 214 Å². The zero-order valence-electron chi connectivity index (χ0n) is 19.5. The van der Waals surface area contributed by atoms with Gasteiger partial charge in [0.05, 0.1) is 0 Å². The van der Waals surface area contributed by atoms with Crippen molar-refractivity contribution in [3.05, 3.63) is 99.8 Å². The Morgan fingerprint density at radius 1 is 0.943 bits per heavy atom. The van der Waals surface area contributed by atoms with E-state index in [0.717, 1.165) is 5.56 Å². The van der Waals surface area contributed by atoms with E-state index in [9.17, 15) is 14.0 Å². The smallest absolute Gasteiger partial charge is 0.261 e. The summed E-state index contributed by atoms with van der Waals surface area (Å²) in [5.41, 5.74) is 1.37. The maximum Gasteiger partial charge on any atom is 0.261 e. The number of carbonyl (C=O) groups excluding carboxylic acids is 2. The summed E-state index contributed by atoms with van der Waals surface area (Å²) in [6.45, 7) is 3.19. The molecular formula is C27H27Cl2FN2O3. The Morgan fingerprint density at radius 3 is 2.20 bits per heavy atom. The van der Waals surface area contributed by atoms with Gasteiger partial charge in [0.2, 0.25) is 5.91 Å². The molecule has 0 aliphatic rings. The fraction of sp³-hybridized carbons (Fsp3) is 0.259. The lowest BCUT2D eigenvalue weighted by atomic mass is 10.0. The first-order valence-electron chi connectivity index (χ1n) is 11.2. The molecule has 8 heteroatoms. The van der Waals surface area contributed by atoms with Crippen molar-refractivity contribution in [1.82, 2.24) is 10.2 Å². The maximum absolute atomic E-state index is 14.1. The minimum atomic E-state index is -0.885. The van der Waals surface area contributed by atoms with Crippen molar-refractivity contribution < 1.29 is 18.7 Å². The van der Waals surface area contributed by atoms with Gasteiger partial charge in [-0.25, -0.2) is 4.39 Å². The molecule has 3 aromatic carbocycles. The summed E-state index contributed by atoms with van der Waals surface area (Å²) in [5.74, 6) is -1.47. The fourth-order valence-electron chi connectivity index (χ4n) is 3.57. The van der Waals surface area contributed by atoms with Crippen molar-refractivity contribution in [3.8, 4) is 5.75 Å². The molecule has 0 radical (unpaired) electrons. The highest BCUT2D eigenvalue weighted by Crippen LogP contribution is 2.27. The third-order valence-electron chi connectivity index (χ3n) is 5.28. The van der Waals surface area contributed by atoms with Crippen LogP contribution in [0.3, 0.4) is 0 Å². The quantitative estimate of drug-likeness (QED) is 0.377. The molecule has 1 atom stereocenters. The van der Waals surface area contributed by atoms with Crippen LogP contribution in [0.4, 0.5) is 4.39 Å². The zero-order chi connectivity index (χ0) is 25.4. The number of benzene rings is 3. The van der Waals surface area contributed by atoms with Crippen molar-refractivity contribution in [2.75, 3.05) is 6.61 Å². The molecule has 3 aromatic rings. The second kappa shape index (κ2) is 12.6. The number of nitrogens with one attached hydrogen (secondary N) is 1. The third-order valence-corrected chi connectivity index (χ3v) is 5.99. The van der Waals surface area contributed by atoms with Gasteiger partial charge in [-0.3, -0.25) is 9.59 Å². The number of amides is 2. The van der Waals surface area contributed by atoms with Gasteiger partial charge in [0.1, 0.15) is 6.04 Å². The Morgan fingerprint density at radius 2 is 1.57 bits per heavy atom. The molecule has 0 aromatic heterocycles. The molecule has 0 spiro atoms. The first kappa shape index (κ1) is 26.5. The average molecular weight is 517 g/mol. The minimum Gasteiger partial charge on any atom is -0.481 e. The molecule has 0 heterocycles. The Bertz CT molecular complexity index is 1140.